The largest absolute Gasteiger partial charge is 0.467 e. The molecule has 3 heterocycles. The molecule has 1 aromatic heterocycles. The van der Waals surface area contributed by atoms with Crippen LogP contribution in [0.15, 0.2) is 82.5 Å². The highest BCUT2D eigenvalue weighted by Crippen LogP contribution is 2.39. The van der Waals surface area contributed by atoms with Gasteiger partial charge in [0, 0.05) is 43.8 Å². The Morgan fingerprint density at radius 3 is 2.49 bits per heavy atom. The quantitative estimate of drug-likeness (QED) is 0.498. The Labute approximate surface area is 209 Å². The Morgan fingerprint density at radius 1 is 1.00 bits per heavy atom. The smallest absolute Gasteiger partial charge is 0.271 e. The maximum absolute atomic E-state index is 12.6. The Kier molecular flexibility index (Phi) is 7.30. The van der Waals surface area contributed by atoms with Crippen LogP contribution in [0.25, 0.3) is 0 Å². The predicted molar refractivity (Wildman–Crippen MR) is 137 cm³/mol. The first kappa shape index (κ1) is 23.4. The van der Waals surface area contributed by atoms with Gasteiger partial charge in [-0.2, -0.15) is 5.10 Å². The summed E-state index contributed by atoms with van der Waals surface area (Å²) in [5.74, 6) is 1.06. The molecule has 180 valence electrons. The lowest BCUT2D eigenvalue weighted by Gasteiger charge is -2.27. The number of carbonyl (C=O) groups is 2. The van der Waals surface area contributed by atoms with Gasteiger partial charge in [-0.15, -0.1) is 11.8 Å². The molecule has 7 nitrogen and oxygen atoms in total. The summed E-state index contributed by atoms with van der Waals surface area (Å²) in [6.07, 6.45) is 3.32. The molecule has 2 amide bonds. The minimum absolute atomic E-state index is 0.0869. The third kappa shape index (κ3) is 5.83. The average Bonchev–Trinajstić information content (AvgIpc) is 3.54. The molecular formula is C27H28N4O3S. The van der Waals surface area contributed by atoms with Crippen molar-refractivity contribution >= 4 is 29.3 Å². The Hall–Kier alpha value is -3.36. The molecule has 0 aliphatic carbocycles. The molecule has 2 fully saturated rings. The first-order valence-electron chi connectivity index (χ1n) is 11.8. The van der Waals surface area contributed by atoms with Gasteiger partial charge in [-0.1, -0.05) is 42.5 Å². The third-order valence-corrected chi connectivity index (χ3v) is 7.59. The van der Waals surface area contributed by atoms with E-state index in [1.807, 2.05) is 35.2 Å². The zero-order valence-electron chi connectivity index (χ0n) is 19.4. The molecular weight excluding hydrogens is 460 g/mol. The molecule has 8 heteroatoms. The predicted octanol–water partition coefficient (Wildman–Crippen LogP) is 4.44. The summed E-state index contributed by atoms with van der Waals surface area (Å²) < 4.78 is 5.42. The molecule has 2 saturated heterocycles. The number of furan rings is 1. The fourth-order valence-electron chi connectivity index (χ4n) is 4.39. The van der Waals surface area contributed by atoms with Gasteiger partial charge in [-0.05, 0) is 35.4 Å². The molecule has 0 radical (unpaired) electrons. The molecule has 5 rings (SSSR count). The highest BCUT2D eigenvalue weighted by molar-refractivity contribution is 8.00. The van der Waals surface area contributed by atoms with Gasteiger partial charge in [0.05, 0.1) is 18.6 Å². The van der Waals surface area contributed by atoms with E-state index in [0.717, 1.165) is 49.5 Å². The van der Waals surface area contributed by atoms with E-state index in [1.54, 1.807) is 30.2 Å². The van der Waals surface area contributed by atoms with Gasteiger partial charge in [-0.3, -0.25) is 14.5 Å². The number of benzene rings is 2. The van der Waals surface area contributed by atoms with Crippen LogP contribution >= 0.6 is 11.8 Å². The van der Waals surface area contributed by atoms with Crippen LogP contribution in [0.5, 0.6) is 0 Å². The maximum Gasteiger partial charge on any atom is 0.271 e. The van der Waals surface area contributed by atoms with Crippen molar-refractivity contribution < 1.29 is 14.0 Å². The minimum atomic E-state index is -0.224. The number of rotatable bonds is 7. The van der Waals surface area contributed by atoms with E-state index in [9.17, 15) is 9.59 Å². The van der Waals surface area contributed by atoms with E-state index in [0.29, 0.717) is 17.9 Å². The lowest BCUT2D eigenvalue weighted by molar-refractivity contribution is -0.128. The molecule has 0 unspecified atom stereocenters. The number of piperidine rings is 1. The summed E-state index contributed by atoms with van der Waals surface area (Å²) in [7, 11) is 0. The van der Waals surface area contributed by atoms with E-state index in [-0.39, 0.29) is 17.2 Å². The number of likely N-dealkylation sites (tertiary alicyclic amines) is 1. The van der Waals surface area contributed by atoms with Crippen LogP contribution in [0, 0.1) is 0 Å². The second-order valence-electron chi connectivity index (χ2n) is 8.77. The Morgan fingerprint density at radius 2 is 1.77 bits per heavy atom. The monoisotopic (exact) mass is 488 g/mol. The summed E-state index contributed by atoms with van der Waals surface area (Å²) >= 11 is 1.59. The number of amides is 2. The van der Waals surface area contributed by atoms with Gasteiger partial charge in [0.25, 0.3) is 5.91 Å². The van der Waals surface area contributed by atoms with Gasteiger partial charge in [-0.25, -0.2) is 5.43 Å². The zero-order valence-corrected chi connectivity index (χ0v) is 20.2. The molecule has 1 atom stereocenters. The number of hydrogen-bond acceptors (Lipinski definition) is 6. The maximum atomic E-state index is 12.6. The number of thioether (sulfide) groups is 1. The van der Waals surface area contributed by atoms with Crippen molar-refractivity contribution in [2.24, 2.45) is 5.10 Å². The number of hydrazone groups is 1. The molecule has 3 aromatic rings. The van der Waals surface area contributed by atoms with Crippen LogP contribution in [-0.4, -0.2) is 46.2 Å². The van der Waals surface area contributed by atoms with E-state index in [2.05, 4.69) is 39.7 Å². The number of hydrogen-bond donors (Lipinski definition) is 1. The van der Waals surface area contributed by atoms with Crippen molar-refractivity contribution in [3.8, 4) is 0 Å². The van der Waals surface area contributed by atoms with Gasteiger partial charge < -0.3 is 9.32 Å². The van der Waals surface area contributed by atoms with Crippen molar-refractivity contribution in [1.29, 1.82) is 0 Å². The van der Waals surface area contributed by atoms with E-state index < -0.39 is 0 Å². The molecule has 0 bridgehead atoms. The SMILES string of the molecule is O=C(NN=C1CCN(Cc2ccccc2)CC1)c1ccc([C@@H]2SCC(=O)N2Cc2ccco2)cc1. The average molecular weight is 489 g/mol. The van der Waals surface area contributed by atoms with E-state index in [4.69, 9.17) is 4.42 Å². The summed E-state index contributed by atoms with van der Waals surface area (Å²) in [6, 6.07) is 21.6. The molecule has 35 heavy (non-hydrogen) atoms. The number of nitrogens with one attached hydrogen (secondary N) is 1. The molecule has 2 aliphatic heterocycles. The van der Waals surface area contributed by atoms with Crippen LogP contribution in [-0.2, 0) is 17.9 Å². The van der Waals surface area contributed by atoms with Crippen LogP contribution in [0.4, 0.5) is 0 Å². The van der Waals surface area contributed by atoms with E-state index in [1.165, 1.54) is 5.56 Å². The highest BCUT2D eigenvalue weighted by atomic mass is 32.2. The fraction of sp³-hybridized carbons (Fsp3) is 0.296. The molecule has 0 spiro atoms. The number of carbonyl (C=O) groups excluding carboxylic acids is 2. The van der Waals surface area contributed by atoms with Crippen molar-refractivity contribution in [3.63, 3.8) is 0 Å². The summed E-state index contributed by atoms with van der Waals surface area (Å²) in [5.41, 5.74) is 6.59. The second-order valence-corrected chi connectivity index (χ2v) is 9.84. The van der Waals surface area contributed by atoms with Gasteiger partial charge in [0.15, 0.2) is 0 Å². The summed E-state index contributed by atoms with van der Waals surface area (Å²) in [6.45, 7) is 3.25. The topological polar surface area (TPSA) is 78.2 Å². The van der Waals surface area contributed by atoms with E-state index >= 15 is 0 Å². The molecule has 2 aliphatic rings. The molecule has 0 saturated carbocycles. The van der Waals surface area contributed by atoms with Gasteiger partial charge in [0.1, 0.15) is 11.1 Å². The number of nitrogens with zero attached hydrogens (tertiary/aromatic N) is 3. The van der Waals surface area contributed by atoms with Crippen molar-refractivity contribution in [2.75, 3.05) is 18.8 Å². The first-order valence-corrected chi connectivity index (χ1v) is 12.9. The fourth-order valence-corrected chi connectivity index (χ4v) is 5.58. The van der Waals surface area contributed by atoms with Crippen LogP contribution < -0.4 is 5.43 Å². The van der Waals surface area contributed by atoms with Crippen molar-refractivity contribution in [3.05, 3.63) is 95.4 Å². The summed E-state index contributed by atoms with van der Waals surface area (Å²) in [5, 5.41) is 4.30. The van der Waals surface area contributed by atoms with Crippen molar-refractivity contribution in [2.45, 2.75) is 31.3 Å². The third-order valence-electron chi connectivity index (χ3n) is 6.33. The lowest BCUT2D eigenvalue weighted by Crippen LogP contribution is -2.34. The Bertz CT molecular complexity index is 1170. The zero-order chi connectivity index (χ0) is 24.0. The minimum Gasteiger partial charge on any atom is -0.467 e. The standard InChI is InChI=1S/C27H28N4O3S/c32-25-19-35-27(31(25)18-24-7-4-16-34-24)22-10-8-21(9-11-22)26(33)29-28-23-12-14-30(15-13-23)17-20-5-2-1-3-6-20/h1-11,16,27H,12-15,17-19H2,(H,29,33)/t27-/m0/s1. The summed E-state index contributed by atoms with van der Waals surface area (Å²) in [4.78, 5) is 29.3. The van der Waals surface area contributed by atoms with Crippen LogP contribution in [0.3, 0.4) is 0 Å². The van der Waals surface area contributed by atoms with Gasteiger partial charge >= 0.3 is 0 Å². The molecule has 1 N–H and O–H groups in total. The first-order chi connectivity index (χ1) is 17.2. The highest BCUT2D eigenvalue weighted by Gasteiger charge is 2.33. The van der Waals surface area contributed by atoms with Crippen LogP contribution in [0.2, 0.25) is 0 Å². The molecule has 2 aromatic carbocycles. The van der Waals surface area contributed by atoms with Crippen LogP contribution in [0.1, 0.15) is 45.5 Å². The Balaban J connectivity index is 1.14. The lowest BCUT2D eigenvalue weighted by atomic mass is 10.1. The normalized spacial score (nSPS) is 18.6. The van der Waals surface area contributed by atoms with Crippen molar-refractivity contribution in [1.82, 2.24) is 15.2 Å². The van der Waals surface area contributed by atoms with Gasteiger partial charge in [0.2, 0.25) is 5.91 Å². The second kappa shape index (κ2) is 10.9.